The molecule has 0 saturated carbocycles. The summed E-state index contributed by atoms with van der Waals surface area (Å²) in [6, 6.07) is 19.8. The zero-order valence-corrected chi connectivity index (χ0v) is 19.1. The Morgan fingerprint density at radius 1 is 0.867 bits per heavy atom. The lowest BCUT2D eigenvalue weighted by molar-refractivity contribution is -0.119. The fraction of sp³-hybridized carbons (Fsp3) is 0.458. The van der Waals surface area contributed by atoms with E-state index in [1.54, 1.807) is 0 Å². The van der Waals surface area contributed by atoms with Gasteiger partial charge in [-0.3, -0.25) is 9.69 Å². The monoisotopic (exact) mass is 449 g/mol. The lowest BCUT2D eigenvalue weighted by Gasteiger charge is -2.36. The van der Waals surface area contributed by atoms with Crippen LogP contribution in [0.5, 0.6) is 0 Å². The lowest BCUT2D eigenvalue weighted by Crippen LogP contribution is -2.46. The van der Waals surface area contributed by atoms with Crippen LogP contribution >= 0.6 is 24.8 Å². The summed E-state index contributed by atoms with van der Waals surface area (Å²) < 4.78 is 0. The van der Waals surface area contributed by atoms with Gasteiger partial charge in [0.05, 0.1) is 6.04 Å². The topological polar surface area (TPSA) is 35.6 Å². The first kappa shape index (κ1) is 24.5. The Labute approximate surface area is 192 Å². The number of hydrogen-bond donors (Lipinski definition) is 1. The summed E-state index contributed by atoms with van der Waals surface area (Å²) >= 11 is 0. The first-order valence-electron chi connectivity index (χ1n) is 10.7. The molecular formula is C24H33Cl2N3O. The first-order valence-corrected chi connectivity index (χ1v) is 10.7. The molecule has 4 rings (SSSR count). The smallest absolute Gasteiger partial charge is 0.220 e. The zero-order valence-electron chi connectivity index (χ0n) is 17.5. The van der Waals surface area contributed by atoms with E-state index in [9.17, 15) is 4.79 Å². The number of aryl methyl sites for hydroxylation is 1. The average molecular weight is 450 g/mol. The predicted octanol–water partition coefficient (Wildman–Crippen LogP) is 4.63. The van der Waals surface area contributed by atoms with Crippen LogP contribution in [0.3, 0.4) is 0 Å². The summed E-state index contributed by atoms with van der Waals surface area (Å²) in [5, 5.41) is 3.04. The van der Waals surface area contributed by atoms with Gasteiger partial charge in [-0.05, 0) is 55.5 Å². The third-order valence-corrected chi connectivity index (χ3v) is 6.06. The Balaban J connectivity index is 0.00000160. The molecule has 0 bridgehead atoms. The SMILES string of the molecule is Cl.Cl.O=C1CCC(c2ccc(CCCCN3CCN(c4ccccc4)CC3)cc2)N1. The Kier molecular flexibility index (Phi) is 9.96. The maximum Gasteiger partial charge on any atom is 0.220 e. The molecule has 2 fully saturated rings. The van der Waals surface area contributed by atoms with Crippen LogP contribution in [0.2, 0.25) is 0 Å². The predicted molar refractivity (Wildman–Crippen MR) is 129 cm³/mol. The molecule has 0 radical (unpaired) electrons. The number of carbonyl (C=O) groups is 1. The van der Waals surface area contributed by atoms with Crippen molar-refractivity contribution in [2.24, 2.45) is 0 Å². The van der Waals surface area contributed by atoms with E-state index in [4.69, 9.17) is 0 Å². The maximum atomic E-state index is 11.4. The van der Waals surface area contributed by atoms with Crippen LogP contribution in [0.15, 0.2) is 54.6 Å². The van der Waals surface area contributed by atoms with Crippen molar-refractivity contribution in [1.82, 2.24) is 10.2 Å². The largest absolute Gasteiger partial charge is 0.369 e. The number of halogens is 2. The van der Waals surface area contributed by atoms with Crippen LogP contribution < -0.4 is 10.2 Å². The lowest BCUT2D eigenvalue weighted by atomic mass is 10.0. The van der Waals surface area contributed by atoms with Crippen molar-refractivity contribution < 1.29 is 4.79 Å². The Hall–Kier alpha value is -1.75. The van der Waals surface area contributed by atoms with Crippen LogP contribution in [0.25, 0.3) is 0 Å². The molecule has 1 atom stereocenters. The van der Waals surface area contributed by atoms with Gasteiger partial charge in [0.1, 0.15) is 0 Å². The number of piperazine rings is 1. The zero-order chi connectivity index (χ0) is 19.2. The molecule has 1 N–H and O–H groups in total. The standard InChI is InChI=1S/C24H31N3O.2ClH/c28-24-14-13-23(25-24)21-11-9-20(10-12-21)6-4-5-15-26-16-18-27(19-17-26)22-7-2-1-3-8-22;;/h1-3,7-12,23H,4-6,13-19H2,(H,25,28);2*1H. The third kappa shape index (κ3) is 6.63. The molecule has 164 valence electrons. The molecular weight excluding hydrogens is 417 g/mol. The minimum absolute atomic E-state index is 0. The van der Waals surface area contributed by atoms with E-state index in [0.717, 1.165) is 39.0 Å². The molecule has 2 aromatic rings. The van der Waals surface area contributed by atoms with Crippen molar-refractivity contribution in [3.05, 3.63) is 65.7 Å². The summed E-state index contributed by atoms with van der Waals surface area (Å²) in [6.45, 7) is 5.79. The first-order chi connectivity index (χ1) is 13.8. The number of unbranched alkanes of at least 4 members (excludes halogenated alkanes) is 1. The van der Waals surface area contributed by atoms with Gasteiger partial charge in [-0.1, -0.05) is 42.5 Å². The van der Waals surface area contributed by atoms with Crippen molar-refractivity contribution in [1.29, 1.82) is 0 Å². The third-order valence-electron chi connectivity index (χ3n) is 6.06. The molecule has 1 unspecified atom stereocenters. The van der Waals surface area contributed by atoms with E-state index in [2.05, 4.69) is 69.7 Å². The normalized spacial score (nSPS) is 19.0. The van der Waals surface area contributed by atoms with Crippen LogP contribution in [0.4, 0.5) is 5.69 Å². The molecule has 30 heavy (non-hydrogen) atoms. The average Bonchev–Trinajstić information content (AvgIpc) is 3.19. The molecule has 4 nitrogen and oxygen atoms in total. The summed E-state index contributed by atoms with van der Waals surface area (Å²) in [7, 11) is 0. The van der Waals surface area contributed by atoms with Crippen LogP contribution in [0, 0.1) is 0 Å². The van der Waals surface area contributed by atoms with E-state index in [1.807, 2.05) is 0 Å². The number of para-hydroxylation sites is 1. The number of hydrogen-bond acceptors (Lipinski definition) is 3. The number of benzene rings is 2. The molecule has 0 spiro atoms. The van der Waals surface area contributed by atoms with Crippen molar-refractivity contribution in [3.63, 3.8) is 0 Å². The minimum Gasteiger partial charge on any atom is -0.369 e. The van der Waals surface area contributed by atoms with E-state index in [1.165, 1.54) is 36.2 Å². The maximum absolute atomic E-state index is 11.4. The number of rotatable bonds is 7. The van der Waals surface area contributed by atoms with E-state index in [0.29, 0.717) is 6.42 Å². The van der Waals surface area contributed by atoms with Gasteiger partial charge in [0, 0.05) is 38.3 Å². The summed E-state index contributed by atoms with van der Waals surface area (Å²) in [5.41, 5.74) is 4.00. The van der Waals surface area contributed by atoms with Crippen LogP contribution in [0.1, 0.15) is 42.9 Å². The van der Waals surface area contributed by atoms with E-state index in [-0.39, 0.29) is 36.8 Å². The van der Waals surface area contributed by atoms with Gasteiger partial charge in [-0.15, -0.1) is 24.8 Å². The van der Waals surface area contributed by atoms with Gasteiger partial charge >= 0.3 is 0 Å². The number of anilines is 1. The fourth-order valence-electron chi connectivity index (χ4n) is 4.31. The van der Waals surface area contributed by atoms with Gasteiger partial charge in [-0.2, -0.15) is 0 Å². The molecule has 2 aliphatic heterocycles. The van der Waals surface area contributed by atoms with Crippen molar-refractivity contribution in [2.45, 2.75) is 38.1 Å². The highest BCUT2D eigenvalue weighted by molar-refractivity contribution is 5.85. The number of nitrogens with one attached hydrogen (secondary N) is 1. The Morgan fingerprint density at radius 3 is 2.20 bits per heavy atom. The highest BCUT2D eigenvalue weighted by atomic mass is 35.5. The summed E-state index contributed by atoms with van der Waals surface area (Å²) in [5.74, 6) is 0.179. The molecule has 2 aliphatic rings. The Morgan fingerprint density at radius 2 is 1.57 bits per heavy atom. The van der Waals surface area contributed by atoms with Crippen molar-refractivity contribution in [3.8, 4) is 0 Å². The van der Waals surface area contributed by atoms with Crippen molar-refractivity contribution in [2.75, 3.05) is 37.6 Å². The Bertz CT molecular complexity index is 762. The number of carbonyl (C=O) groups excluding carboxylic acids is 1. The van der Waals surface area contributed by atoms with Gasteiger partial charge in [-0.25, -0.2) is 0 Å². The highest BCUT2D eigenvalue weighted by Crippen LogP contribution is 2.24. The number of nitrogens with zero attached hydrogens (tertiary/aromatic N) is 2. The van der Waals surface area contributed by atoms with Crippen LogP contribution in [-0.2, 0) is 11.2 Å². The molecule has 2 aromatic carbocycles. The molecule has 2 heterocycles. The summed E-state index contributed by atoms with van der Waals surface area (Å²) in [6.07, 6.45) is 5.22. The van der Waals surface area contributed by atoms with Gasteiger partial charge < -0.3 is 10.2 Å². The summed E-state index contributed by atoms with van der Waals surface area (Å²) in [4.78, 5) is 16.5. The quantitative estimate of drug-likeness (QED) is 0.625. The van der Waals surface area contributed by atoms with Gasteiger partial charge in [0.15, 0.2) is 0 Å². The molecule has 6 heteroatoms. The highest BCUT2D eigenvalue weighted by Gasteiger charge is 2.21. The van der Waals surface area contributed by atoms with Gasteiger partial charge in [0.25, 0.3) is 0 Å². The van der Waals surface area contributed by atoms with E-state index < -0.39 is 0 Å². The number of amides is 1. The van der Waals surface area contributed by atoms with Crippen molar-refractivity contribution >= 4 is 36.4 Å². The second-order valence-corrected chi connectivity index (χ2v) is 8.02. The molecule has 2 saturated heterocycles. The molecule has 0 aromatic heterocycles. The minimum atomic E-state index is 0. The fourth-order valence-corrected chi connectivity index (χ4v) is 4.31. The van der Waals surface area contributed by atoms with Crippen LogP contribution in [-0.4, -0.2) is 43.5 Å². The second-order valence-electron chi connectivity index (χ2n) is 8.02. The second kappa shape index (κ2) is 12.2. The van der Waals surface area contributed by atoms with Gasteiger partial charge in [0.2, 0.25) is 5.91 Å². The molecule has 1 amide bonds. The van der Waals surface area contributed by atoms with E-state index >= 15 is 0 Å². The molecule has 0 aliphatic carbocycles.